The molecular weight excluding hydrogens is 353 g/mol. The number of nitrogens with one attached hydrogen (secondary N) is 1. The van der Waals surface area contributed by atoms with Gasteiger partial charge in [0, 0.05) is 31.0 Å². The Labute approximate surface area is 180 Å². The summed E-state index contributed by atoms with van der Waals surface area (Å²) in [4.78, 5) is 29.6. The SMILES string of the molecule is CC(CC(=N)C(=O)N1CCCc2cc(C(=O)O)ccc21)c1cccnc1.[NaH]. The van der Waals surface area contributed by atoms with Crippen molar-refractivity contribution in [2.45, 2.75) is 32.1 Å². The van der Waals surface area contributed by atoms with Crippen LogP contribution in [-0.4, -0.2) is 63.8 Å². The maximum absolute atomic E-state index is 12.8. The van der Waals surface area contributed by atoms with Crippen molar-refractivity contribution in [2.75, 3.05) is 11.4 Å². The molecule has 0 spiro atoms. The number of carbonyl (C=O) groups is 2. The van der Waals surface area contributed by atoms with E-state index in [2.05, 4.69) is 4.98 Å². The van der Waals surface area contributed by atoms with Gasteiger partial charge in [0.25, 0.3) is 5.91 Å². The number of anilines is 1. The zero-order valence-electron chi connectivity index (χ0n) is 14.6. The van der Waals surface area contributed by atoms with Crippen molar-refractivity contribution >= 4 is 52.8 Å². The molecule has 1 atom stereocenters. The van der Waals surface area contributed by atoms with E-state index in [1.165, 1.54) is 6.07 Å². The van der Waals surface area contributed by atoms with E-state index in [-0.39, 0.29) is 52.7 Å². The molecule has 6 nitrogen and oxygen atoms in total. The van der Waals surface area contributed by atoms with Gasteiger partial charge in [-0.25, -0.2) is 4.79 Å². The summed E-state index contributed by atoms with van der Waals surface area (Å²) in [7, 11) is 0. The van der Waals surface area contributed by atoms with Gasteiger partial charge in [-0.2, -0.15) is 0 Å². The molecule has 0 radical (unpaired) electrons. The zero-order valence-corrected chi connectivity index (χ0v) is 14.6. The molecule has 7 heteroatoms. The molecule has 2 aromatic rings. The van der Waals surface area contributed by atoms with E-state index in [0.717, 1.165) is 24.0 Å². The molecule has 0 saturated heterocycles. The minimum atomic E-state index is -0.978. The van der Waals surface area contributed by atoms with Crippen molar-refractivity contribution in [3.63, 3.8) is 0 Å². The van der Waals surface area contributed by atoms with E-state index in [0.29, 0.717) is 18.7 Å². The Kier molecular flexibility index (Phi) is 7.30. The quantitative estimate of drug-likeness (QED) is 0.620. The predicted octanol–water partition coefficient (Wildman–Crippen LogP) is 2.62. The first kappa shape index (κ1) is 21.3. The maximum atomic E-state index is 12.8. The van der Waals surface area contributed by atoms with Crippen LogP contribution < -0.4 is 4.90 Å². The van der Waals surface area contributed by atoms with Gasteiger partial charge in [0.05, 0.1) is 11.3 Å². The average Bonchev–Trinajstić information content (AvgIpc) is 2.67. The number of aromatic carboxylic acids is 1. The van der Waals surface area contributed by atoms with Gasteiger partial charge in [0.15, 0.2) is 0 Å². The number of nitrogens with zero attached hydrogens (tertiary/aromatic N) is 2. The number of fused-ring (bicyclic) bond motifs is 1. The van der Waals surface area contributed by atoms with E-state index in [9.17, 15) is 9.59 Å². The van der Waals surface area contributed by atoms with Gasteiger partial charge in [0.2, 0.25) is 0 Å². The molecule has 1 aromatic carbocycles. The fourth-order valence-electron chi connectivity index (χ4n) is 3.28. The number of carboxylic acids is 1. The van der Waals surface area contributed by atoms with Crippen LogP contribution in [0.4, 0.5) is 5.69 Å². The van der Waals surface area contributed by atoms with Gasteiger partial charge >= 0.3 is 35.5 Å². The second-order valence-corrected chi connectivity index (χ2v) is 6.58. The number of amides is 1. The number of benzene rings is 1. The van der Waals surface area contributed by atoms with Crippen molar-refractivity contribution in [3.8, 4) is 0 Å². The molecule has 1 aliphatic heterocycles. The van der Waals surface area contributed by atoms with Crippen molar-refractivity contribution in [1.82, 2.24) is 4.98 Å². The summed E-state index contributed by atoms with van der Waals surface area (Å²) in [5.41, 5.74) is 2.83. The summed E-state index contributed by atoms with van der Waals surface area (Å²) in [6.07, 6.45) is 5.28. The second-order valence-electron chi connectivity index (χ2n) is 6.58. The van der Waals surface area contributed by atoms with Gasteiger partial charge in [-0.05, 0) is 54.2 Å². The Morgan fingerprint density at radius 3 is 2.78 bits per heavy atom. The summed E-state index contributed by atoms with van der Waals surface area (Å²) in [6.45, 7) is 2.52. The third kappa shape index (κ3) is 4.83. The summed E-state index contributed by atoms with van der Waals surface area (Å²) in [5, 5.41) is 17.4. The molecule has 0 aliphatic carbocycles. The fraction of sp³-hybridized carbons (Fsp3) is 0.300. The van der Waals surface area contributed by atoms with Crippen molar-refractivity contribution in [1.29, 1.82) is 5.41 Å². The van der Waals surface area contributed by atoms with Crippen molar-refractivity contribution < 1.29 is 14.7 Å². The molecule has 136 valence electrons. The Balaban J connectivity index is 0.00000261. The van der Waals surface area contributed by atoms with Crippen LogP contribution in [0.5, 0.6) is 0 Å². The molecule has 2 heterocycles. The Morgan fingerprint density at radius 1 is 1.33 bits per heavy atom. The Hall–Kier alpha value is -2.02. The van der Waals surface area contributed by atoms with Crippen LogP contribution in [0, 0.1) is 5.41 Å². The van der Waals surface area contributed by atoms with E-state index in [4.69, 9.17) is 10.5 Å². The fourth-order valence-corrected chi connectivity index (χ4v) is 3.28. The predicted molar refractivity (Wildman–Crippen MR) is 106 cm³/mol. The molecule has 0 bridgehead atoms. The monoisotopic (exact) mass is 375 g/mol. The van der Waals surface area contributed by atoms with E-state index >= 15 is 0 Å². The van der Waals surface area contributed by atoms with Gasteiger partial charge in [-0.3, -0.25) is 15.2 Å². The average molecular weight is 375 g/mol. The number of carboxylic acid groups (broad SMARTS) is 1. The van der Waals surface area contributed by atoms with Crippen LogP contribution in [0.2, 0.25) is 0 Å². The van der Waals surface area contributed by atoms with Crippen LogP contribution in [0.15, 0.2) is 42.7 Å². The minimum absolute atomic E-state index is 0. The molecule has 27 heavy (non-hydrogen) atoms. The normalized spacial score (nSPS) is 13.9. The third-order valence-electron chi connectivity index (χ3n) is 4.71. The van der Waals surface area contributed by atoms with Gasteiger partial charge in [-0.1, -0.05) is 13.0 Å². The molecule has 0 saturated carbocycles. The number of rotatable bonds is 5. The summed E-state index contributed by atoms with van der Waals surface area (Å²) in [5.74, 6) is -1.27. The summed E-state index contributed by atoms with van der Waals surface area (Å²) < 4.78 is 0. The Bertz CT molecular complexity index is 855. The Morgan fingerprint density at radius 2 is 2.11 bits per heavy atom. The summed E-state index contributed by atoms with van der Waals surface area (Å²) in [6, 6.07) is 8.60. The topological polar surface area (TPSA) is 94.4 Å². The van der Waals surface area contributed by atoms with Crippen molar-refractivity contribution in [3.05, 3.63) is 59.4 Å². The third-order valence-corrected chi connectivity index (χ3v) is 4.71. The van der Waals surface area contributed by atoms with Gasteiger partial charge in [-0.15, -0.1) is 0 Å². The number of hydrogen-bond acceptors (Lipinski definition) is 4. The number of carbonyl (C=O) groups excluding carboxylic acids is 1. The van der Waals surface area contributed by atoms with E-state index in [1.807, 2.05) is 19.1 Å². The molecule has 3 rings (SSSR count). The molecular formula is C20H22N3NaO3. The van der Waals surface area contributed by atoms with Crippen molar-refractivity contribution in [2.24, 2.45) is 0 Å². The molecule has 2 N–H and O–H groups in total. The number of hydrogen-bond donors (Lipinski definition) is 2. The first-order valence-electron chi connectivity index (χ1n) is 8.63. The van der Waals surface area contributed by atoms with Crippen LogP contribution in [0.3, 0.4) is 0 Å². The van der Waals surface area contributed by atoms with Gasteiger partial charge in [0.1, 0.15) is 0 Å². The molecule has 0 fully saturated rings. The first-order valence-corrected chi connectivity index (χ1v) is 8.63. The molecule has 1 aliphatic rings. The first-order chi connectivity index (χ1) is 12.5. The van der Waals surface area contributed by atoms with Gasteiger partial charge < -0.3 is 10.0 Å². The molecule has 1 aromatic heterocycles. The molecule has 1 amide bonds. The van der Waals surface area contributed by atoms with E-state index < -0.39 is 5.97 Å². The molecule has 1 unspecified atom stereocenters. The number of aryl methyl sites for hydroxylation is 1. The van der Waals surface area contributed by atoms with E-state index in [1.54, 1.807) is 29.4 Å². The van der Waals surface area contributed by atoms with Crippen LogP contribution in [-0.2, 0) is 11.2 Å². The number of aromatic nitrogens is 1. The summed E-state index contributed by atoms with van der Waals surface area (Å²) >= 11 is 0. The zero-order chi connectivity index (χ0) is 18.7. The van der Waals surface area contributed by atoms with Crippen LogP contribution in [0.25, 0.3) is 0 Å². The standard InChI is InChI=1S/C20H21N3O3.Na.H/c1-13(16-4-2-8-22-12-16)10-17(21)19(24)23-9-3-5-14-11-15(20(25)26)6-7-18(14)23;;/h2,4,6-8,11-13,21H,3,5,9-10H2,1H3,(H,25,26);;. The van der Waals surface area contributed by atoms with Crippen LogP contribution >= 0.6 is 0 Å². The van der Waals surface area contributed by atoms with Crippen LogP contribution in [0.1, 0.15) is 47.2 Å². The number of pyridine rings is 1. The second kappa shape index (κ2) is 9.26.